The molecule has 0 aliphatic heterocycles. The second-order valence-electron chi connectivity index (χ2n) is 4.73. The molecule has 0 fully saturated rings. The van der Waals surface area contributed by atoms with E-state index in [0.29, 0.717) is 6.04 Å². The van der Waals surface area contributed by atoms with Crippen molar-refractivity contribution in [2.45, 2.75) is 19.5 Å². The minimum absolute atomic E-state index is 0.137. The summed E-state index contributed by atoms with van der Waals surface area (Å²) in [5.41, 5.74) is 7.41. The smallest absolute Gasteiger partial charge is 0.170 e. The van der Waals surface area contributed by atoms with Crippen LogP contribution in [0.3, 0.4) is 0 Å². The molecule has 5 nitrogen and oxygen atoms in total. The molecule has 1 atom stereocenters. The van der Waals surface area contributed by atoms with Gasteiger partial charge in [-0.1, -0.05) is 23.4 Å². The lowest BCUT2D eigenvalue weighted by Crippen LogP contribution is -2.35. The van der Waals surface area contributed by atoms with E-state index < -0.39 is 0 Å². The van der Waals surface area contributed by atoms with E-state index in [9.17, 15) is 0 Å². The van der Waals surface area contributed by atoms with Gasteiger partial charge in [-0.15, -0.1) is 0 Å². The van der Waals surface area contributed by atoms with Crippen LogP contribution in [0.25, 0.3) is 0 Å². The Hall–Kier alpha value is -1.59. The number of amidine groups is 1. The number of nitrogens with zero attached hydrogens (tertiary/aromatic N) is 2. The molecule has 1 unspecified atom stereocenters. The fourth-order valence-corrected chi connectivity index (χ4v) is 1.80. The zero-order chi connectivity index (χ0) is 13.5. The first kappa shape index (κ1) is 14.5. The molecule has 4 N–H and O–H groups in total. The highest BCUT2D eigenvalue weighted by molar-refractivity contribution is 5.97. The maximum Gasteiger partial charge on any atom is 0.170 e. The van der Waals surface area contributed by atoms with E-state index in [1.165, 1.54) is 0 Å². The van der Waals surface area contributed by atoms with E-state index in [-0.39, 0.29) is 5.84 Å². The molecule has 100 valence electrons. The Bertz CT molecular complexity index is 404. The van der Waals surface area contributed by atoms with E-state index in [2.05, 4.69) is 36.4 Å². The number of hydrogen-bond donors (Lipinski definition) is 3. The van der Waals surface area contributed by atoms with E-state index in [0.717, 1.165) is 24.2 Å². The van der Waals surface area contributed by atoms with Gasteiger partial charge in [0, 0.05) is 24.7 Å². The number of rotatable bonds is 6. The van der Waals surface area contributed by atoms with Crippen molar-refractivity contribution >= 4 is 5.84 Å². The minimum Gasteiger partial charge on any atom is -0.409 e. The maximum absolute atomic E-state index is 8.64. The molecule has 5 heteroatoms. The summed E-state index contributed by atoms with van der Waals surface area (Å²) < 4.78 is 0. The molecule has 0 heterocycles. The summed E-state index contributed by atoms with van der Waals surface area (Å²) in [4.78, 5) is 2.14. The molecule has 1 aromatic rings. The van der Waals surface area contributed by atoms with Crippen molar-refractivity contribution in [3.8, 4) is 0 Å². The fraction of sp³-hybridized carbons (Fsp3) is 0.462. The van der Waals surface area contributed by atoms with E-state index in [1.807, 2.05) is 24.3 Å². The van der Waals surface area contributed by atoms with Crippen molar-refractivity contribution in [1.82, 2.24) is 10.2 Å². The zero-order valence-electron chi connectivity index (χ0n) is 11.2. The van der Waals surface area contributed by atoms with E-state index in [4.69, 9.17) is 10.9 Å². The summed E-state index contributed by atoms with van der Waals surface area (Å²) in [6.07, 6.45) is 0. The third kappa shape index (κ3) is 4.73. The molecule has 0 bridgehead atoms. The van der Waals surface area contributed by atoms with Gasteiger partial charge in [0.05, 0.1) is 0 Å². The van der Waals surface area contributed by atoms with Crippen molar-refractivity contribution in [2.24, 2.45) is 10.9 Å². The third-order valence-electron chi connectivity index (χ3n) is 2.62. The molecule has 0 saturated heterocycles. The normalized spacial score (nSPS) is 13.9. The number of likely N-dealkylation sites (N-methyl/N-ethyl adjacent to an activating group) is 1. The van der Waals surface area contributed by atoms with Crippen LogP contribution in [-0.4, -0.2) is 42.6 Å². The predicted octanol–water partition coefficient (Wildman–Crippen LogP) is 0.821. The Kier molecular flexibility index (Phi) is 5.61. The number of benzene rings is 1. The van der Waals surface area contributed by atoms with Gasteiger partial charge in [0.1, 0.15) is 0 Å². The Morgan fingerprint density at radius 1 is 1.50 bits per heavy atom. The van der Waals surface area contributed by atoms with Gasteiger partial charge in [0.2, 0.25) is 0 Å². The Labute approximate surface area is 108 Å². The van der Waals surface area contributed by atoms with Gasteiger partial charge in [0.15, 0.2) is 5.84 Å². The minimum atomic E-state index is 0.137. The second-order valence-corrected chi connectivity index (χ2v) is 4.73. The van der Waals surface area contributed by atoms with Crippen LogP contribution in [-0.2, 0) is 6.54 Å². The van der Waals surface area contributed by atoms with Gasteiger partial charge in [-0.2, -0.15) is 0 Å². The van der Waals surface area contributed by atoms with Crippen LogP contribution in [0.5, 0.6) is 0 Å². The Balaban J connectivity index is 2.57. The van der Waals surface area contributed by atoms with Crippen LogP contribution < -0.4 is 11.1 Å². The average Bonchev–Trinajstić information content (AvgIpc) is 2.35. The molecule has 1 aromatic carbocycles. The Morgan fingerprint density at radius 3 is 2.83 bits per heavy atom. The molecule has 0 saturated carbocycles. The molecule has 0 aliphatic carbocycles. The largest absolute Gasteiger partial charge is 0.409 e. The van der Waals surface area contributed by atoms with Crippen LogP contribution >= 0.6 is 0 Å². The van der Waals surface area contributed by atoms with Gasteiger partial charge in [-0.25, -0.2) is 0 Å². The molecular formula is C13H22N4O. The molecule has 18 heavy (non-hydrogen) atoms. The van der Waals surface area contributed by atoms with Crippen LogP contribution in [0.1, 0.15) is 18.1 Å². The third-order valence-corrected chi connectivity index (χ3v) is 2.62. The first-order chi connectivity index (χ1) is 8.52. The molecule has 1 rings (SSSR count). The van der Waals surface area contributed by atoms with Gasteiger partial charge in [0.25, 0.3) is 0 Å². The van der Waals surface area contributed by atoms with Crippen LogP contribution in [0, 0.1) is 0 Å². The number of nitrogens with two attached hydrogens (primary N) is 1. The van der Waals surface area contributed by atoms with Crippen LogP contribution in [0.15, 0.2) is 29.4 Å². The van der Waals surface area contributed by atoms with Crippen molar-refractivity contribution in [3.05, 3.63) is 35.4 Å². The highest BCUT2D eigenvalue weighted by atomic mass is 16.4. The van der Waals surface area contributed by atoms with Gasteiger partial charge < -0.3 is 21.2 Å². The molecule has 0 radical (unpaired) electrons. The zero-order valence-corrected chi connectivity index (χ0v) is 11.2. The van der Waals surface area contributed by atoms with Crippen molar-refractivity contribution < 1.29 is 5.21 Å². The molecule has 0 spiro atoms. The molecule has 0 amide bonds. The number of hydrogen-bond acceptors (Lipinski definition) is 4. The van der Waals surface area contributed by atoms with E-state index in [1.54, 1.807) is 0 Å². The van der Waals surface area contributed by atoms with Crippen molar-refractivity contribution in [3.63, 3.8) is 0 Å². The quantitative estimate of drug-likeness (QED) is 0.302. The van der Waals surface area contributed by atoms with Crippen molar-refractivity contribution in [2.75, 3.05) is 20.6 Å². The summed E-state index contributed by atoms with van der Waals surface area (Å²) in [6, 6.07) is 8.07. The SMILES string of the molecule is CC(CN(C)C)NCc1cccc(/C(N)=N/O)c1. The van der Waals surface area contributed by atoms with E-state index >= 15 is 0 Å². The highest BCUT2D eigenvalue weighted by Crippen LogP contribution is 2.05. The summed E-state index contributed by atoms with van der Waals surface area (Å²) in [5, 5.41) is 15.1. The monoisotopic (exact) mass is 250 g/mol. The summed E-state index contributed by atoms with van der Waals surface area (Å²) >= 11 is 0. The first-order valence-electron chi connectivity index (χ1n) is 5.98. The molecule has 0 aromatic heterocycles. The predicted molar refractivity (Wildman–Crippen MR) is 73.8 cm³/mol. The number of oxime groups is 1. The van der Waals surface area contributed by atoms with Gasteiger partial charge in [-0.3, -0.25) is 0 Å². The lowest BCUT2D eigenvalue weighted by molar-refractivity contribution is 0.318. The highest BCUT2D eigenvalue weighted by Gasteiger charge is 2.04. The summed E-state index contributed by atoms with van der Waals surface area (Å²) in [7, 11) is 4.11. The molecular weight excluding hydrogens is 228 g/mol. The summed E-state index contributed by atoms with van der Waals surface area (Å²) in [5.74, 6) is 0.137. The standard InChI is InChI=1S/C13H22N4O/c1-10(9-17(2)3)15-8-11-5-4-6-12(7-11)13(14)16-18/h4-7,10,15,18H,8-9H2,1-3H3,(H2,14,16). The Morgan fingerprint density at radius 2 is 2.22 bits per heavy atom. The second kappa shape index (κ2) is 6.98. The van der Waals surface area contributed by atoms with Crippen LogP contribution in [0.2, 0.25) is 0 Å². The number of nitrogens with one attached hydrogen (secondary N) is 1. The summed E-state index contributed by atoms with van der Waals surface area (Å²) in [6.45, 7) is 3.90. The first-order valence-corrected chi connectivity index (χ1v) is 5.98. The fourth-order valence-electron chi connectivity index (χ4n) is 1.80. The van der Waals surface area contributed by atoms with Gasteiger partial charge >= 0.3 is 0 Å². The lowest BCUT2D eigenvalue weighted by Gasteiger charge is -2.18. The van der Waals surface area contributed by atoms with Crippen molar-refractivity contribution in [1.29, 1.82) is 0 Å². The van der Waals surface area contributed by atoms with Crippen LogP contribution in [0.4, 0.5) is 0 Å². The topological polar surface area (TPSA) is 73.9 Å². The average molecular weight is 250 g/mol. The maximum atomic E-state index is 8.64. The lowest BCUT2D eigenvalue weighted by atomic mass is 10.1. The van der Waals surface area contributed by atoms with Gasteiger partial charge in [-0.05, 0) is 32.6 Å². The molecule has 0 aliphatic rings.